The molecule has 0 radical (unpaired) electrons. The predicted octanol–water partition coefficient (Wildman–Crippen LogP) is 1.93. The molecule has 0 aromatic carbocycles. The van der Waals surface area contributed by atoms with Crippen molar-refractivity contribution in [1.82, 2.24) is 10.1 Å². The van der Waals surface area contributed by atoms with E-state index in [1.54, 1.807) is 0 Å². The highest BCUT2D eigenvalue weighted by Gasteiger charge is 2.05. The van der Waals surface area contributed by atoms with E-state index in [0.29, 0.717) is 12.2 Å². The van der Waals surface area contributed by atoms with Crippen molar-refractivity contribution in [3.8, 4) is 0 Å². The Hall–Kier alpha value is -1.62. The van der Waals surface area contributed by atoms with Crippen molar-refractivity contribution in [2.45, 2.75) is 45.6 Å². The summed E-state index contributed by atoms with van der Waals surface area (Å²) in [7, 11) is 0. The molecule has 0 fully saturated rings. The van der Waals surface area contributed by atoms with Gasteiger partial charge in [-0.1, -0.05) is 42.3 Å². The largest absolute Gasteiger partial charge is 0.438 e. The number of aromatic amines is 1. The highest BCUT2D eigenvalue weighted by atomic mass is 16.5. The number of nitrogens with two attached hydrogens (primary N) is 1. The summed E-state index contributed by atoms with van der Waals surface area (Å²) in [4.78, 5) is 13.2. The molecule has 0 amide bonds. The fourth-order valence-electron chi connectivity index (χ4n) is 1.74. The maximum Gasteiger partial charge on any atom is 0.438 e. The first kappa shape index (κ1) is 14.4. The van der Waals surface area contributed by atoms with Crippen molar-refractivity contribution >= 4 is 0 Å². The van der Waals surface area contributed by atoms with Gasteiger partial charge in [-0.2, -0.15) is 0 Å². The molecular formula is C13H21N3O2. The molecule has 0 spiro atoms. The van der Waals surface area contributed by atoms with Gasteiger partial charge >= 0.3 is 5.76 Å². The summed E-state index contributed by atoms with van der Waals surface area (Å²) in [5.41, 5.74) is 7.30. The van der Waals surface area contributed by atoms with Crippen LogP contribution in [-0.4, -0.2) is 16.2 Å². The second-order valence-corrected chi connectivity index (χ2v) is 4.18. The molecule has 1 unspecified atom stereocenters. The molecule has 1 rings (SSSR count). The quantitative estimate of drug-likeness (QED) is 0.725. The van der Waals surface area contributed by atoms with Crippen molar-refractivity contribution in [2.75, 3.05) is 0 Å². The maximum absolute atomic E-state index is 10.7. The standard InChI is InChI=1S/C13H21N3O2/c1-3-7-11(14)10(4-2)8-5-6-9-12-15-13(17)18-16-12/h4-6,11H,3,7-9,14H2,1-2H3,(H,15,16,17)/b6-5-,10-4+. The first-order valence-electron chi connectivity index (χ1n) is 6.27. The van der Waals surface area contributed by atoms with E-state index in [-0.39, 0.29) is 6.04 Å². The van der Waals surface area contributed by atoms with Crippen LogP contribution in [0.5, 0.6) is 0 Å². The van der Waals surface area contributed by atoms with Crippen LogP contribution in [0, 0.1) is 0 Å². The fraction of sp³-hybridized carbons (Fsp3) is 0.538. The summed E-state index contributed by atoms with van der Waals surface area (Å²) in [5, 5.41) is 3.58. The van der Waals surface area contributed by atoms with E-state index in [0.717, 1.165) is 19.3 Å². The summed E-state index contributed by atoms with van der Waals surface area (Å²) >= 11 is 0. The topological polar surface area (TPSA) is 84.9 Å². The molecule has 0 saturated heterocycles. The third kappa shape index (κ3) is 4.71. The Morgan fingerprint density at radius 2 is 2.33 bits per heavy atom. The van der Waals surface area contributed by atoms with Gasteiger partial charge in [0.05, 0.1) is 0 Å². The number of nitrogens with one attached hydrogen (secondary N) is 1. The average Bonchev–Trinajstić information content (AvgIpc) is 2.75. The summed E-state index contributed by atoms with van der Waals surface area (Å²) in [5.74, 6) is 0.0219. The Kier molecular flexibility index (Phi) is 6.14. The van der Waals surface area contributed by atoms with Gasteiger partial charge in [0.2, 0.25) is 0 Å². The van der Waals surface area contributed by atoms with E-state index in [1.165, 1.54) is 5.57 Å². The van der Waals surface area contributed by atoms with Crippen LogP contribution in [-0.2, 0) is 6.42 Å². The third-order valence-electron chi connectivity index (χ3n) is 2.76. The van der Waals surface area contributed by atoms with Gasteiger partial charge in [-0.3, -0.25) is 9.51 Å². The zero-order valence-corrected chi connectivity index (χ0v) is 11.0. The third-order valence-corrected chi connectivity index (χ3v) is 2.76. The highest BCUT2D eigenvalue weighted by molar-refractivity contribution is 5.13. The van der Waals surface area contributed by atoms with Gasteiger partial charge in [0.15, 0.2) is 5.82 Å². The Morgan fingerprint density at radius 1 is 1.56 bits per heavy atom. The zero-order valence-electron chi connectivity index (χ0n) is 11.0. The predicted molar refractivity (Wildman–Crippen MR) is 71.2 cm³/mol. The Labute approximate surface area is 107 Å². The van der Waals surface area contributed by atoms with Gasteiger partial charge in [0.25, 0.3) is 0 Å². The summed E-state index contributed by atoms with van der Waals surface area (Å²) in [6.45, 7) is 4.14. The molecule has 18 heavy (non-hydrogen) atoms. The number of hydrogen-bond donors (Lipinski definition) is 2. The molecule has 1 aromatic heterocycles. The van der Waals surface area contributed by atoms with E-state index >= 15 is 0 Å². The summed E-state index contributed by atoms with van der Waals surface area (Å²) < 4.78 is 4.41. The molecule has 1 atom stereocenters. The molecule has 0 aliphatic heterocycles. The van der Waals surface area contributed by atoms with Gasteiger partial charge in [0.1, 0.15) is 0 Å². The van der Waals surface area contributed by atoms with Crippen molar-refractivity contribution in [2.24, 2.45) is 5.73 Å². The van der Waals surface area contributed by atoms with E-state index in [1.807, 2.05) is 19.1 Å². The highest BCUT2D eigenvalue weighted by Crippen LogP contribution is 2.11. The van der Waals surface area contributed by atoms with Crippen molar-refractivity contribution in [3.63, 3.8) is 0 Å². The van der Waals surface area contributed by atoms with Crippen LogP contribution in [0.15, 0.2) is 33.1 Å². The second-order valence-electron chi connectivity index (χ2n) is 4.18. The second kappa shape index (κ2) is 7.66. The van der Waals surface area contributed by atoms with E-state index in [2.05, 4.69) is 27.7 Å². The molecule has 1 aromatic rings. The Morgan fingerprint density at radius 3 is 2.89 bits per heavy atom. The Balaban J connectivity index is 2.41. The van der Waals surface area contributed by atoms with E-state index < -0.39 is 5.76 Å². The number of nitrogens with zero attached hydrogens (tertiary/aromatic N) is 1. The molecular weight excluding hydrogens is 230 g/mol. The van der Waals surface area contributed by atoms with Crippen LogP contribution in [0.4, 0.5) is 0 Å². The van der Waals surface area contributed by atoms with Crippen molar-refractivity contribution < 1.29 is 4.52 Å². The van der Waals surface area contributed by atoms with Gasteiger partial charge < -0.3 is 5.73 Å². The van der Waals surface area contributed by atoms with Crippen LogP contribution in [0.3, 0.4) is 0 Å². The van der Waals surface area contributed by atoms with Gasteiger partial charge in [-0.05, 0) is 19.8 Å². The molecule has 5 nitrogen and oxygen atoms in total. The van der Waals surface area contributed by atoms with Crippen molar-refractivity contribution in [3.05, 3.63) is 40.2 Å². The average molecular weight is 251 g/mol. The van der Waals surface area contributed by atoms with Crippen LogP contribution < -0.4 is 11.5 Å². The molecule has 0 bridgehead atoms. The molecule has 0 aliphatic rings. The molecule has 0 saturated carbocycles. The van der Waals surface area contributed by atoms with E-state index in [4.69, 9.17) is 5.73 Å². The lowest BCUT2D eigenvalue weighted by molar-refractivity contribution is 0.382. The summed E-state index contributed by atoms with van der Waals surface area (Å²) in [6, 6.07) is 0.136. The van der Waals surface area contributed by atoms with Gasteiger partial charge in [-0.25, -0.2) is 4.79 Å². The normalized spacial score (nSPS) is 14.3. The lowest BCUT2D eigenvalue weighted by Crippen LogP contribution is -2.21. The SMILES string of the molecule is C/C=C(\C/C=C\Cc1noc(=O)[nH]1)C(N)CCC. The Bertz CT molecular complexity index is 457. The first-order chi connectivity index (χ1) is 8.67. The van der Waals surface area contributed by atoms with Crippen LogP contribution in [0.2, 0.25) is 0 Å². The first-order valence-corrected chi connectivity index (χ1v) is 6.27. The number of aromatic nitrogens is 2. The van der Waals surface area contributed by atoms with Gasteiger partial charge in [0, 0.05) is 12.5 Å². The molecule has 0 aliphatic carbocycles. The lowest BCUT2D eigenvalue weighted by atomic mass is 10.00. The monoisotopic (exact) mass is 251 g/mol. The maximum atomic E-state index is 10.7. The number of hydrogen-bond acceptors (Lipinski definition) is 4. The fourth-order valence-corrected chi connectivity index (χ4v) is 1.74. The van der Waals surface area contributed by atoms with E-state index in [9.17, 15) is 4.79 Å². The molecule has 1 heterocycles. The molecule has 5 heteroatoms. The molecule has 3 N–H and O–H groups in total. The van der Waals surface area contributed by atoms with Gasteiger partial charge in [-0.15, -0.1) is 0 Å². The molecule has 100 valence electrons. The van der Waals surface area contributed by atoms with Crippen LogP contribution >= 0.6 is 0 Å². The van der Waals surface area contributed by atoms with Crippen LogP contribution in [0.1, 0.15) is 38.9 Å². The smallest absolute Gasteiger partial charge is 0.324 e. The minimum absolute atomic E-state index is 0.136. The zero-order chi connectivity index (χ0) is 13.4. The van der Waals surface area contributed by atoms with Crippen molar-refractivity contribution in [1.29, 1.82) is 0 Å². The number of H-pyrrole nitrogens is 1. The number of allylic oxidation sites excluding steroid dienone is 3. The lowest BCUT2D eigenvalue weighted by Gasteiger charge is -2.13. The van der Waals surface area contributed by atoms with Crippen LogP contribution in [0.25, 0.3) is 0 Å². The summed E-state index contributed by atoms with van der Waals surface area (Å²) in [6.07, 6.45) is 9.55. The number of rotatable bonds is 7. The minimum atomic E-state index is -0.516. The minimum Gasteiger partial charge on any atom is -0.324 e.